The molecule has 2 heterocycles. The van der Waals surface area contributed by atoms with E-state index in [1.54, 1.807) is 18.2 Å². The molecule has 8 heteroatoms. The Morgan fingerprint density at radius 2 is 2.12 bits per heavy atom. The Kier molecular flexibility index (Phi) is 4.96. The van der Waals surface area contributed by atoms with Crippen LogP contribution in [-0.4, -0.2) is 52.4 Å². The average Bonchev–Trinajstić information content (AvgIpc) is 2.93. The van der Waals surface area contributed by atoms with E-state index in [1.807, 2.05) is 6.07 Å². The molecule has 130 valence electrons. The fourth-order valence-electron chi connectivity index (χ4n) is 3.08. The zero-order chi connectivity index (χ0) is 17.2. The summed E-state index contributed by atoms with van der Waals surface area (Å²) >= 11 is 0. The number of nitrogens with zero attached hydrogens (tertiary/aromatic N) is 4. The van der Waals surface area contributed by atoms with Gasteiger partial charge in [0.05, 0.1) is 23.6 Å². The molecule has 0 saturated carbocycles. The van der Waals surface area contributed by atoms with Crippen LogP contribution in [0.3, 0.4) is 0 Å². The third-order valence-electron chi connectivity index (χ3n) is 4.47. The van der Waals surface area contributed by atoms with Crippen molar-refractivity contribution in [1.29, 1.82) is 0 Å². The summed E-state index contributed by atoms with van der Waals surface area (Å²) in [5, 5.41) is 8.65. The lowest BCUT2D eigenvalue weighted by Crippen LogP contribution is -2.42. The minimum absolute atomic E-state index is 0.0540. The summed E-state index contributed by atoms with van der Waals surface area (Å²) in [7, 11) is -2.97. The highest BCUT2D eigenvalue weighted by molar-refractivity contribution is 7.91. The molecule has 1 aliphatic heterocycles. The van der Waals surface area contributed by atoms with E-state index in [-0.39, 0.29) is 29.8 Å². The largest absolute Gasteiger partial charge is 0.280 e. The molecular weight excluding hydrogens is 328 g/mol. The smallest absolute Gasteiger partial charge is 0.278 e. The van der Waals surface area contributed by atoms with E-state index in [0.29, 0.717) is 17.3 Å². The number of hydrogen-bond acceptors (Lipinski definition) is 6. The molecule has 0 aliphatic carbocycles. The highest BCUT2D eigenvalue weighted by Crippen LogP contribution is 2.19. The second-order valence-corrected chi connectivity index (χ2v) is 8.50. The lowest BCUT2D eigenvalue weighted by atomic mass is 10.2. The molecule has 1 aromatic heterocycles. The van der Waals surface area contributed by atoms with Crippen molar-refractivity contribution in [2.45, 2.75) is 38.9 Å². The monoisotopic (exact) mass is 350 g/mol. The molecule has 3 rings (SSSR count). The van der Waals surface area contributed by atoms with Crippen molar-refractivity contribution in [1.82, 2.24) is 19.9 Å². The van der Waals surface area contributed by atoms with Crippen LogP contribution in [0.2, 0.25) is 0 Å². The Labute approximate surface area is 141 Å². The van der Waals surface area contributed by atoms with Gasteiger partial charge in [0.25, 0.3) is 5.56 Å². The van der Waals surface area contributed by atoms with Crippen LogP contribution in [0, 0.1) is 0 Å². The molecule has 0 unspecified atom stereocenters. The molecule has 0 bridgehead atoms. The van der Waals surface area contributed by atoms with Gasteiger partial charge in [-0.05, 0) is 25.0 Å². The number of rotatable bonds is 6. The summed E-state index contributed by atoms with van der Waals surface area (Å²) in [5.74, 6) is 0.380. The first-order valence-electron chi connectivity index (χ1n) is 8.27. The second kappa shape index (κ2) is 6.98. The third kappa shape index (κ3) is 3.64. The standard InChI is InChI=1S/C16H22N4O3S/c1-2-3-9-19(13-8-10-24(22,23)11-13)12-20-16(21)14-6-4-5-7-15(14)17-18-20/h4-7,13H,2-3,8-12H2,1H3/t13-/m1/s1. The van der Waals surface area contributed by atoms with Crippen LogP contribution >= 0.6 is 0 Å². The molecule has 24 heavy (non-hydrogen) atoms. The predicted molar refractivity (Wildman–Crippen MR) is 92.5 cm³/mol. The fraction of sp³-hybridized carbons (Fsp3) is 0.562. The van der Waals surface area contributed by atoms with Gasteiger partial charge in [-0.25, -0.2) is 8.42 Å². The van der Waals surface area contributed by atoms with Crippen LogP contribution < -0.4 is 5.56 Å². The Bertz CT molecular complexity index is 878. The molecule has 7 nitrogen and oxygen atoms in total. The Morgan fingerprint density at radius 1 is 1.33 bits per heavy atom. The van der Waals surface area contributed by atoms with E-state index in [2.05, 4.69) is 22.1 Å². The number of benzene rings is 1. The first-order chi connectivity index (χ1) is 11.5. The van der Waals surface area contributed by atoms with Gasteiger partial charge in [0.2, 0.25) is 0 Å². The van der Waals surface area contributed by atoms with Gasteiger partial charge < -0.3 is 0 Å². The number of unbranched alkanes of at least 4 members (excludes halogenated alkanes) is 1. The molecule has 1 atom stereocenters. The highest BCUT2D eigenvalue weighted by atomic mass is 32.2. The van der Waals surface area contributed by atoms with Crippen molar-refractivity contribution < 1.29 is 8.42 Å². The molecular formula is C16H22N4O3S. The molecule has 0 amide bonds. The molecule has 0 N–H and O–H groups in total. The minimum Gasteiger partial charge on any atom is -0.280 e. The summed E-state index contributed by atoms with van der Waals surface area (Å²) in [5.41, 5.74) is 0.380. The SMILES string of the molecule is CCCCN(Cn1nnc2ccccc2c1=O)[C@@H]1CCS(=O)(=O)C1. The topological polar surface area (TPSA) is 85.2 Å². The van der Waals surface area contributed by atoms with Gasteiger partial charge >= 0.3 is 0 Å². The van der Waals surface area contributed by atoms with Crippen molar-refractivity contribution in [3.63, 3.8) is 0 Å². The summed E-state index contributed by atoms with van der Waals surface area (Å²) in [6.45, 7) is 3.11. The third-order valence-corrected chi connectivity index (χ3v) is 6.22. The lowest BCUT2D eigenvalue weighted by molar-refractivity contribution is 0.148. The highest BCUT2D eigenvalue weighted by Gasteiger charge is 2.32. The van der Waals surface area contributed by atoms with Crippen molar-refractivity contribution >= 4 is 20.7 Å². The van der Waals surface area contributed by atoms with Crippen LogP contribution in [0.4, 0.5) is 0 Å². The normalized spacial score (nSPS) is 20.0. The number of fused-ring (bicyclic) bond motifs is 1. The Balaban J connectivity index is 1.87. The van der Waals surface area contributed by atoms with Crippen molar-refractivity contribution in [2.24, 2.45) is 0 Å². The van der Waals surface area contributed by atoms with Crippen LogP contribution in [0.1, 0.15) is 26.2 Å². The summed E-state index contributed by atoms with van der Waals surface area (Å²) in [4.78, 5) is 14.6. The van der Waals surface area contributed by atoms with E-state index in [4.69, 9.17) is 0 Å². The van der Waals surface area contributed by atoms with Crippen molar-refractivity contribution in [3.8, 4) is 0 Å². The van der Waals surface area contributed by atoms with Gasteiger partial charge in [-0.1, -0.05) is 30.7 Å². The summed E-state index contributed by atoms with van der Waals surface area (Å²) in [6.07, 6.45) is 2.57. The summed E-state index contributed by atoms with van der Waals surface area (Å²) < 4.78 is 24.9. The molecule has 0 radical (unpaired) electrons. The van der Waals surface area contributed by atoms with E-state index in [9.17, 15) is 13.2 Å². The molecule has 2 aromatic rings. The first kappa shape index (κ1) is 17.0. The Hall–Kier alpha value is -1.80. The van der Waals surface area contributed by atoms with Gasteiger partial charge in [-0.3, -0.25) is 9.69 Å². The fourth-order valence-corrected chi connectivity index (χ4v) is 4.84. The van der Waals surface area contributed by atoms with Crippen molar-refractivity contribution in [3.05, 3.63) is 34.6 Å². The first-order valence-corrected chi connectivity index (χ1v) is 10.1. The van der Waals surface area contributed by atoms with Crippen molar-refractivity contribution in [2.75, 3.05) is 18.1 Å². The minimum atomic E-state index is -2.97. The average molecular weight is 350 g/mol. The van der Waals surface area contributed by atoms with Gasteiger partial charge in [0.15, 0.2) is 9.84 Å². The lowest BCUT2D eigenvalue weighted by Gasteiger charge is -2.27. The Morgan fingerprint density at radius 3 is 2.83 bits per heavy atom. The second-order valence-electron chi connectivity index (χ2n) is 6.28. The molecule has 1 saturated heterocycles. The maximum absolute atomic E-state index is 12.6. The summed E-state index contributed by atoms with van der Waals surface area (Å²) in [6, 6.07) is 7.05. The van der Waals surface area contributed by atoms with Gasteiger partial charge in [0, 0.05) is 12.6 Å². The van der Waals surface area contributed by atoms with E-state index in [1.165, 1.54) is 4.68 Å². The van der Waals surface area contributed by atoms with E-state index >= 15 is 0 Å². The quantitative estimate of drug-likeness (QED) is 0.774. The van der Waals surface area contributed by atoms with Gasteiger partial charge in [-0.2, -0.15) is 4.68 Å². The number of hydrogen-bond donors (Lipinski definition) is 0. The van der Waals surface area contributed by atoms with E-state index in [0.717, 1.165) is 19.4 Å². The molecule has 0 spiro atoms. The predicted octanol–water partition coefficient (Wildman–Crippen LogP) is 1.04. The zero-order valence-electron chi connectivity index (χ0n) is 13.8. The van der Waals surface area contributed by atoms with E-state index < -0.39 is 9.84 Å². The maximum atomic E-state index is 12.6. The van der Waals surface area contributed by atoms with Gasteiger partial charge in [-0.15, -0.1) is 5.10 Å². The molecule has 1 aromatic carbocycles. The zero-order valence-corrected chi connectivity index (χ0v) is 14.6. The van der Waals surface area contributed by atoms with Crippen LogP contribution in [0.5, 0.6) is 0 Å². The van der Waals surface area contributed by atoms with Crippen LogP contribution in [-0.2, 0) is 16.5 Å². The maximum Gasteiger partial charge on any atom is 0.278 e. The van der Waals surface area contributed by atoms with Crippen LogP contribution in [0.25, 0.3) is 10.9 Å². The van der Waals surface area contributed by atoms with Crippen LogP contribution in [0.15, 0.2) is 29.1 Å². The number of aromatic nitrogens is 3. The molecule has 1 fully saturated rings. The number of sulfone groups is 1. The van der Waals surface area contributed by atoms with Gasteiger partial charge in [0.1, 0.15) is 5.52 Å². The molecule has 1 aliphatic rings.